The smallest absolute Gasteiger partial charge is 0.313 e. The lowest BCUT2D eigenvalue weighted by Gasteiger charge is -2.25. The van der Waals surface area contributed by atoms with E-state index in [1.807, 2.05) is 39.0 Å². The first-order valence-corrected chi connectivity index (χ1v) is 7.68. The SMILES string of the molecule is COC(C)(C)Cn1c(SCC(=O)O)nc2cccc(C)c21. The summed E-state index contributed by atoms with van der Waals surface area (Å²) in [7, 11) is 1.68. The van der Waals surface area contributed by atoms with Crippen molar-refractivity contribution in [2.24, 2.45) is 0 Å². The van der Waals surface area contributed by atoms with Gasteiger partial charge in [-0.3, -0.25) is 4.79 Å². The predicted molar refractivity (Wildman–Crippen MR) is 83.9 cm³/mol. The molecule has 6 heteroatoms. The van der Waals surface area contributed by atoms with Crippen molar-refractivity contribution >= 4 is 28.8 Å². The van der Waals surface area contributed by atoms with Crippen molar-refractivity contribution < 1.29 is 14.6 Å². The first-order valence-electron chi connectivity index (χ1n) is 6.69. The van der Waals surface area contributed by atoms with E-state index in [1.54, 1.807) is 7.11 Å². The van der Waals surface area contributed by atoms with Crippen LogP contribution >= 0.6 is 11.8 Å². The van der Waals surface area contributed by atoms with Gasteiger partial charge in [-0.05, 0) is 32.4 Å². The Labute approximate surface area is 128 Å². The number of fused-ring (bicyclic) bond motifs is 1. The Morgan fingerprint density at radius 3 is 2.81 bits per heavy atom. The number of benzene rings is 1. The maximum absolute atomic E-state index is 10.8. The molecule has 1 N–H and O–H groups in total. The quantitative estimate of drug-likeness (QED) is 0.831. The molecule has 1 aromatic heterocycles. The van der Waals surface area contributed by atoms with Crippen LogP contribution in [0.25, 0.3) is 11.0 Å². The van der Waals surface area contributed by atoms with Crippen LogP contribution in [0.3, 0.4) is 0 Å². The van der Waals surface area contributed by atoms with Crippen LogP contribution in [0.4, 0.5) is 0 Å². The Morgan fingerprint density at radius 2 is 2.19 bits per heavy atom. The van der Waals surface area contributed by atoms with E-state index < -0.39 is 5.97 Å². The van der Waals surface area contributed by atoms with Gasteiger partial charge < -0.3 is 14.4 Å². The molecule has 0 amide bonds. The second-order valence-corrected chi connectivity index (χ2v) is 6.51. The topological polar surface area (TPSA) is 64.3 Å². The van der Waals surface area contributed by atoms with Gasteiger partial charge in [0.05, 0.1) is 28.9 Å². The normalized spacial score (nSPS) is 12.0. The molecular formula is C15H20N2O3S. The molecular weight excluding hydrogens is 288 g/mol. The van der Waals surface area contributed by atoms with Crippen molar-refractivity contribution in [1.29, 1.82) is 0 Å². The minimum Gasteiger partial charge on any atom is -0.481 e. The Hall–Kier alpha value is -1.53. The highest BCUT2D eigenvalue weighted by Crippen LogP contribution is 2.28. The lowest BCUT2D eigenvalue weighted by molar-refractivity contribution is -0.133. The summed E-state index contributed by atoms with van der Waals surface area (Å²) in [4.78, 5) is 15.4. The number of hydrogen-bond donors (Lipinski definition) is 1. The number of ether oxygens (including phenoxy) is 1. The summed E-state index contributed by atoms with van der Waals surface area (Å²) in [6.07, 6.45) is 0. The summed E-state index contributed by atoms with van der Waals surface area (Å²) in [5.74, 6) is -0.850. The number of aromatic nitrogens is 2. The molecule has 1 aromatic carbocycles. The van der Waals surface area contributed by atoms with Gasteiger partial charge in [0.15, 0.2) is 5.16 Å². The lowest BCUT2D eigenvalue weighted by atomic mass is 10.1. The van der Waals surface area contributed by atoms with E-state index in [0.29, 0.717) is 11.7 Å². The Kier molecular flexibility index (Phi) is 4.58. The third kappa shape index (κ3) is 3.57. The van der Waals surface area contributed by atoms with Gasteiger partial charge in [0.25, 0.3) is 0 Å². The second kappa shape index (κ2) is 6.07. The molecule has 0 aliphatic rings. The van der Waals surface area contributed by atoms with Crippen molar-refractivity contribution in [3.05, 3.63) is 23.8 Å². The van der Waals surface area contributed by atoms with Crippen LogP contribution in [0.2, 0.25) is 0 Å². The number of imidazole rings is 1. The summed E-state index contributed by atoms with van der Waals surface area (Å²) in [6, 6.07) is 5.94. The average Bonchev–Trinajstić information content (AvgIpc) is 2.75. The second-order valence-electron chi connectivity index (χ2n) is 5.57. The highest BCUT2D eigenvalue weighted by Gasteiger charge is 2.22. The first-order chi connectivity index (χ1) is 9.84. The van der Waals surface area contributed by atoms with Crippen molar-refractivity contribution in [2.75, 3.05) is 12.9 Å². The summed E-state index contributed by atoms with van der Waals surface area (Å²) < 4.78 is 7.56. The van der Waals surface area contributed by atoms with E-state index >= 15 is 0 Å². The molecule has 0 atom stereocenters. The van der Waals surface area contributed by atoms with Crippen LogP contribution in [0.1, 0.15) is 19.4 Å². The summed E-state index contributed by atoms with van der Waals surface area (Å²) in [5.41, 5.74) is 2.69. The number of nitrogens with zero attached hydrogens (tertiary/aromatic N) is 2. The molecule has 0 saturated heterocycles. The number of carboxylic acid groups (broad SMARTS) is 1. The third-order valence-corrected chi connectivity index (χ3v) is 4.31. The van der Waals surface area contributed by atoms with Crippen LogP contribution in [0, 0.1) is 6.92 Å². The lowest BCUT2D eigenvalue weighted by Crippen LogP contribution is -2.29. The zero-order valence-electron chi connectivity index (χ0n) is 12.7. The van der Waals surface area contributed by atoms with Crippen molar-refractivity contribution in [1.82, 2.24) is 9.55 Å². The number of carbonyl (C=O) groups is 1. The van der Waals surface area contributed by atoms with Gasteiger partial charge in [-0.2, -0.15) is 0 Å². The first kappa shape index (κ1) is 15.9. The number of rotatable bonds is 6. The molecule has 0 aliphatic carbocycles. The Morgan fingerprint density at radius 1 is 1.48 bits per heavy atom. The molecule has 0 radical (unpaired) electrons. The number of methoxy groups -OCH3 is 1. The van der Waals surface area contributed by atoms with Gasteiger partial charge in [0, 0.05) is 7.11 Å². The summed E-state index contributed by atoms with van der Waals surface area (Å²) in [5, 5.41) is 9.61. The predicted octanol–water partition coefficient (Wildman–Crippen LogP) is 2.95. The molecule has 0 unspecified atom stereocenters. The van der Waals surface area contributed by atoms with E-state index in [-0.39, 0.29) is 11.4 Å². The van der Waals surface area contributed by atoms with E-state index in [2.05, 4.69) is 9.55 Å². The fraction of sp³-hybridized carbons (Fsp3) is 0.467. The monoisotopic (exact) mass is 308 g/mol. The van der Waals surface area contributed by atoms with Crippen LogP contribution in [0.15, 0.2) is 23.4 Å². The van der Waals surface area contributed by atoms with Crippen LogP contribution in [-0.4, -0.2) is 39.1 Å². The fourth-order valence-electron chi connectivity index (χ4n) is 2.17. The zero-order valence-corrected chi connectivity index (χ0v) is 13.5. The minimum atomic E-state index is -0.846. The van der Waals surface area contributed by atoms with Gasteiger partial charge in [-0.1, -0.05) is 23.9 Å². The van der Waals surface area contributed by atoms with Crippen molar-refractivity contribution in [3.63, 3.8) is 0 Å². The molecule has 0 spiro atoms. The average molecular weight is 308 g/mol. The molecule has 0 saturated carbocycles. The van der Waals surface area contributed by atoms with Crippen LogP contribution in [0.5, 0.6) is 0 Å². The van der Waals surface area contributed by atoms with Crippen LogP contribution in [-0.2, 0) is 16.1 Å². The van der Waals surface area contributed by atoms with Gasteiger partial charge >= 0.3 is 5.97 Å². The Balaban J connectivity index is 2.51. The molecule has 2 aromatic rings. The van der Waals surface area contributed by atoms with Crippen molar-refractivity contribution in [3.8, 4) is 0 Å². The fourth-order valence-corrected chi connectivity index (χ4v) is 2.90. The molecule has 2 rings (SSSR count). The number of carboxylic acids is 1. The number of thioether (sulfide) groups is 1. The highest BCUT2D eigenvalue weighted by atomic mass is 32.2. The number of aliphatic carboxylic acids is 1. The summed E-state index contributed by atoms with van der Waals surface area (Å²) in [6.45, 7) is 6.66. The molecule has 0 fully saturated rings. The number of para-hydroxylation sites is 1. The third-order valence-electron chi connectivity index (χ3n) is 3.35. The largest absolute Gasteiger partial charge is 0.481 e. The zero-order chi connectivity index (χ0) is 15.6. The maximum Gasteiger partial charge on any atom is 0.313 e. The molecule has 114 valence electrons. The summed E-state index contributed by atoms with van der Waals surface area (Å²) >= 11 is 1.24. The molecule has 0 aliphatic heterocycles. The molecule has 0 bridgehead atoms. The number of aryl methyl sites for hydroxylation is 1. The van der Waals surface area contributed by atoms with E-state index in [0.717, 1.165) is 16.6 Å². The highest BCUT2D eigenvalue weighted by molar-refractivity contribution is 7.99. The number of hydrogen-bond acceptors (Lipinski definition) is 4. The standard InChI is InChI=1S/C15H20N2O3S/c1-10-6-5-7-11-13(10)17(9-15(2,3)20-4)14(16-11)21-8-12(18)19/h5-7H,8-9H2,1-4H3,(H,18,19). The van der Waals surface area contributed by atoms with Gasteiger partial charge in [0.1, 0.15) is 0 Å². The van der Waals surface area contributed by atoms with Gasteiger partial charge in [0.2, 0.25) is 0 Å². The molecule has 5 nitrogen and oxygen atoms in total. The van der Waals surface area contributed by atoms with Crippen LogP contribution < -0.4 is 0 Å². The van der Waals surface area contributed by atoms with E-state index in [1.165, 1.54) is 11.8 Å². The maximum atomic E-state index is 10.8. The minimum absolute atomic E-state index is 0.00419. The van der Waals surface area contributed by atoms with Crippen molar-refractivity contribution in [2.45, 2.75) is 38.1 Å². The van der Waals surface area contributed by atoms with Gasteiger partial charge in [-0.15, -0.1) is 0 Å². The molecule has 21 heavy (non-hydrogen) atoms. The van der Waals surface area contributed by atoms with E-state index in [9.17, 15) is 4.79 Å². The van der Waals surface area contributed by atoms with E-state index in [4.69, 9.17) is 9.84 Å². The Bertz CT molecular complexity index is 664. The molecule has 1 heterocycles. The van der Waals surface area contributed by atoms with Gasteiger partial charge in [-0.25, -0.2) is 4.98 Å².